The van der Waals surface area contributed by atoms with Crippen molar-refractivity contribution in [3.63, 3.8) is 0 Å². The number of phenols is 1. The summed E-state index contributed by atoms with van der Waals surface area (Å²) in [6.45, 7) is 7.27. The minimum Gasteiger partial charge on any atom is -0.507 e. The Morgan fingerprint density at radius 1 is 1.18 bits per heavy atom. The van der Waals surface area contributed by atoms with Crippen LogP contribution in [0.3, 0.4) is 0 Å². The van der Waals surface area contributed by atoms with Crippen LogP contribution in [-0.2, 0) is 6.54 Å². The molecule has 208 valence electrons. The molecule has 0 bridgehead atoms. The first-order valence-corrected chi connectivity index (χ1v) is 12.8. The van der Waals surface area contributed by atoms with Crippen molar-refractivity contribution < 1.29 is 14.6 Å². The Labute approximate surface area is 231 Å². The number of nitrogens with zero attached hydrogens (tertiary/aromatic N) is 4. The van der Waals surface area contributed by atoms with E-state index < -0.39 is 11.6 Å². The predicted molar refractivity (Wildman–Crippen MR) is 152 cm³/mol. The molecule has 3 aromatic carbocycles. The number of benzene rings is 3. The van der Waals surface area contributed by atoms with Gasteiger partial charge in [-0.3, -0.25) is 4.79 Å². The minimum atomic E-state index is -0.522. The Hall–Kier alpha value is -4.77. The van der Waals surface area contributed by atoms with Crippen molar-refractivity contribution in [3.8, 4) is 28.6 Å². The molecule has 0 spiro atoms. The third-order valence-electron chi connectivity index (χ3n) is 6.35. The zero-order chi connectivity index (χ0) is 28.8. The zero-order valence-corrected chi connectivity index (χ0v) is 22.8. The summed E-state index contributed by atoms with van der Waals surface area (Å²) < 4.78 is 7.24. The third kappa shape index (κ3) is 6.10. The van der Waals surface area contributed by atoms with Gasteiger partial charge in [0.05, 0.1) is 16.8 Å². The van der Waals surface area contributed by atoms with Crippen LogP contribution in [-0.4, -0.2) is 56.9 Å². The molecule has 0 atom stereocenters. The lowest BCUT2D eigenvalue weighted by Gasteiger charge is -2.21. The fourth-order valence-corrected chi connectivity index (χ4v) is 4.34. The number of aromatic nitrogens is 3. The molecule has 11 heteroatoms. The highest BCUT2D eigenvalue weighted by Gasteiger charge is 2.24. The van der Waals surface area contributed by atoms with Crippen LogP contribution in [0, 0.1) is 11.8 Å². The number of para-hydroxylation sites is 2. The second-order valence-corrected chi connectivity index (χ2v) is 9.68. The van der Waals surface area contributed by atoms with E-state index in [9.17, 15) is 19.6 Å². The number of nitroso groups, excluding NO2 is 1. The highest BCUT2D eigenvalue weighted by molar-refractivity contribution is 6.00. The number of aromatic amines is 1. The molecular weight excluding hydrogens is 512 g/mol. The van der Waals surface area contributed by atoms with E-state index in [1.165, 1.54) is 15.5 Å². The molecule has 4 aromatic rings. The van der Waals surface area contributed by atoms with Gasteiger partial charge in [0.15, 0.2) is 5.82 Å². The average molecular weight is 545 g/mol. The van der Waals surface area contributed by atoms with Crippen LogP contribution in [0.15, 0.2) is 70.6 Å². The molecule has 0 aliphatic rings. The molecule has 0 saturated heterocycles. The van der Waals surface area contributed by atoms with E-state index in [2.05, 4.69) is 34.5 Å². The number of phenolic OH excluding ortho intramolecular Hbond substituents is 1. The van der Waals surface area contributed by atoms with Crippen LogP contribution < -0.4 is 15.7 Å². The second kappa shape index (κ2) is 12.4. The summed E-state index contributed by atoms with van der Waals surface area (Å²) in [6, 6.07) is 17.4. The SMILES string of the molecule is Cc1ccccc1-n1c(-c2cc(C(=O)N(C)Cc3ccccc3OCCNC(C)C)c(N=O)cc2O)n[nH]c1=O. The van der Waals surface area contributed by atoms with Crippen molar-refractivity contribution in [1.29, 1.82) is 0 Å². The van der Waals surface area contributed by atoms with Gasteiger partial charge in [0.2, 0.25) is 0 Å². The van der Waals surface area contributed by atoms with Crippen LogP contribution in [0.4, 0.5) is 5.69 Å². The van der Waals surface area contributed by atoms with Crippen LogP contribution in [0.1, 0.15) is 35.3 Å². The average Bonchev–Trinajstić information content (AvgIpc) is 3.32. The maximum absolute atomic E-state index is 13.6. The van der Waals surface area contributed by atoms with Crippen molar-refractivity contribution >= 4 is 11.6 Å². The number of rotatable bonds is 11. The van der Waals surface area contributed by atoms with E-state index >= 15 is 0 Å². The highest BCUT2D eigenvalue weighted by atomic mass is 16.5. The first-order chi connectivity index (χ1) is 19.2. The van der Waals surface area contributed by atoms with E-state index in [4.69, 9.17) is 4.74 Å². The highest BCUT2D eigenvalue weighted by Crippen LogP contribution is 2.36. The summed E-state index contributed by atoms with van der Waals surface area (Å²) >= 11 is 0. The monoisotopic (exact) mass is 544 g/mol. The molecule has 1 heterocycles. The second-order valence-electron chi connectivity index (χ2n) is 9.68. The van der Waals surface area contributed by atoms with Crippen molar-refractivity contribution in [3.05, 3.63) is 92.7 Å². The van der Waals surface area contributed by atoms with E-state index in [1.807, 2.05) is 43.3 Å². The Balaban J connectivity index is 1.65. The molecule has 1 amide bonds. The number of aryl methyl sites for hydroxylation is 1. The lowest BCUT2D eigenvalue weighted by Crippen LogP contribution is -2.28. The minimum absolute atomic E-state index is 0.0448. The number of carbonyl (C=O) groups is 1. The molecule has 0 radical (unpaired) electrons. The van der Waals surface area contributed by atoms with Crippen molar-refractivity contribution in [2.75, 3.05) is 20.2 Å². The van der Waals surface area contributed by atoms with Gasteiger partial charge in [-0.05, 0) is 35.9 Å². The summed E-state index contributed by atoms with van der Waals surface area (Å²) in [6.07, 6.45) is 0. The van der Waals surface area contributed by atoms with Gasteiger partial charge in [-0.1, -0.05) is 50.2 Å². The lowest BCUT2D eigenvalue weighted by atomic mass is 10.0. The Morgan fingerprint density at radius 3 is 2.62 bits per heavy atom. The van der Waals surface area contributed by atoms with Gasteiger partial charge in [0, 0.05) is 37.8 Å². The number of H-pyrrole nitrogens is 1. The van der Waals surface area contributed by atoms with E-state index in [-0.39, 0.29) is 34.9 Å². The smallest absolute Gasteiger partial charge is 0.348 e. The standard InChI is InChI=1S/C29H32N6O5/c1-18(2)30-13-14-40-26-12-8-6-10-20(26)17-34(4)28(37)21-15-22(25(36)16-23(21)33-39)27-31-32-29(38)35(27)24-11-7-5-9-19(24)3/h5-12,15-16,18,30,36H,13-14,17H2,1-4H3,(H,32,38). The molecular formula is C29H32N6O5. The summed E-state index contributed by atoms with van der Waals surface area (Å²) in [7, 11) is 1.60. The Bertz CT molecular complexity index is 1580. The Morgan fingerprint density at radius 2 is 1.90 bits per heavy atom. The van der Waals surface area contributed by atoms with E-state index in [1.54, 1.807) is 19.2 Å². The van der Waals surface area contributed by atoms with Gasteiger partial charge in [-0.15, -0.1) is 4.91 Å². The fourth-order valence-electron chi connectivity index (χ4n) is 4.34. The largest absolute Gasteiger partial charge is 0.507 e. The summed E-state index contributed by atoms with van der Waals surface area (Å²) in [5.41, 5.74) is 1.43. The molecule has 0 aliphatic carbocycles. The summed E-state index contributed by atoms with van der Waals surface area (Å²) in [5, 5.41) is 23.5. The van der Waals surface area contributed by atoms with Crippen molar-refractivity contribution in [2.45, 2.75) is 33.4 Å². The van der Waals surface area contributed by atoms with E-state index in [0.717, 1.165) is 17.2 Å². The number of nitrogens with one attached hydrogen (secondary N) is 2. The van der Waals surface area contributed by atoms with E-state index in [0.29, 0.717) is 30.6 Å². The molecule has 1 aromatic heterocycles. The molecule has 0 fully saturated rings. The first-order valence-electron chi connectivity index (χ1n) is 12.8. The maximum Gasteiger partial charge on any atom is 0.348 e. The molecule has 40 heavy (non-hydrogen) atoms. The van der Waals surface area contributed by atoms with Gasteiger partial charge < -0.3 is 20.1 Å². The van der Waals surface area contributed by atoms with Crippen LogP contribution >= 0.6 is 0 Å². The van der Waals surface area contributed by atoms with Crippen molar-refractivity contribution in [2.24, 2.45) is 5.18 Å². The normalized spacial score (nSPS) is 11.0. The zero-order valence-electron chi connectivity index (χ0n) is 22.8. The summed E-state index contributed by atoms with van der Waals surface area (Å²) in [5.74, 6) is -0.129. The summed E-state index contributed by atoms with van der Waals surface area (Å²) in [4.78, 5) is 39.4. The molecule has 4 rings (SSSR count). The number of amides is 1. The predicted octanol–water partition coefficient (Wildman–Crippen LogP) is 4.29. The van der Waals surface area contributed by atoms with Crippen LogP contribution in [0.2, 0.25) is 0 Å². The maximum atomic E-state index is 13.6. The first kappa shape index (κ1) is 28.2. The van der Waals surface area contributed by atoms with Crippen molar-refractivity contribution in [1.82, 2.24) is 25.0 Å². The molecule has 0 unspecified atom stereocenters. The van der Waals surface area contributed by atoms with Crippen LogP contribution in [0.5, 0.6) is 11.5 Å². The number of aromatic hydroxyl groups is 1. The van der Waals surface area contributed by atoms with Gasteiger partial charge in [-0.2, -0.15) is 5.10 Å². The molecule has 11 nitrogen and oxygen atoms in total. The molecule has 3 N–H and O–H groups in total. The van der Waals surface area contributed by atoms with Gasteiger partial charge >= 0.3 is 5.69 Å². The lowest BCUT2D eigenvalue weighted by molar-refractivity contribution is 0.0784. The number of hydrogen-bond acceptors (Lipinski definition) is 8. The number of hydrogen-bond donors (Lipinski definition) is 3. The topological polar surface area (TPSA) is 142 Å². The van der Waals surface area contributed by atoms with Gasteiger partial charge in [0.1, 0.15) is 23.8 Å². The van der Waals surface area contributed by atoms with Gasteiger partial charge in [0.25, 0.3) is 5.91 Å². The Kier molecular flexibility index (Phi) is 8.75. The molecule has 0 saturated carbocycles. The van der Waals surface area contributed by atoms with Crippen LogP contribution in [0.25, 0.3) is 17.1 Å². The van der Waals surface area contributed by atoms with Gasteiger partial charge in [-0.25, -0.2) is 14.5 Å². The number of ether oxygens (including phenoxy) is 1. The molecule has 0 aliphatic heterocycles. The number of carbonyl (C=O) groups excluding carboxylic acids is 1. The third-order valence-corrected chi connectivity index (χ3v) is 6.35. The quantitative estimate of drug-likeness (QED) is 0.189. The fraction of sp³-hybridized carbons (Fsp3) is 0.276.